The minimum Gasteiger partial charge on any atom is -0.401 e. The first-order valence-corrected chi connectivity index (χ1v) is 11.9. The Balaban J connectivity index is 1.36. The van der Waals surface area contributed by atoms with Gasteiger partial charge in [0.2, 0.25) is 0 Å². The Hall–Kier alpha value is -2.71. The van der Waals surface area contributed by atoms with E-state index in [2.05, 4.69) is 25.1 Å². The molecule has 0 bridgehead atoms. The molecule has 4 heterocycles. The first-order valence-electron chi connectivity index (χ1n) is 11.9. The lowest BCUT2D eigenvalue weighted by Crippen LogP contribution is -2.39. The van der Waals surface area contributed by atoms with Crippen LogP contribution >= 0.6 is 0 Å². The SMILES string of the molecule is CC1OB(c2cc3nc(C(=O)N4CCc5ccccc5[C@H]4C)cc(C4CC4)n3n2)OC1(C)C. The Morgan fingerprint density at radius 1 is 1.18 bits per heavy atom. The molecule has 3 aromatic rings. The Bertz CT molecular complexity index is 1250. The lowest BCUT2D eigenvalue weighted by molar-refractivity contribution is 0.0671. The highest BCUT2D eigenvalue weighted by Crippen LogP contribution is 2.40. The van der Waals surface area contributed by atoms with Crippen LogP contribution in [0.2, 0.25) is 0 Å². The van der Waals surface area contributed by atoms with Crippen LogP contribution < -0.4 is 5.59 Å². The Morgan fingerprint density at radius 3 is 2.70 bits per heavy atom. The number of carbonyl (C=O) groups excluding carboxylic acids is 1. The quantitative estimate of drug-likeness (QED) is 0.580. The summed E-state index contributed by atoms with van der Waals surface area (Å²) < 4.78 is 14.0. The summed E-state index contributed by atoms with van der Waals surface area (Å²) in [6, 6.07) is 12.3. The van der Waals surface area contributed by atoms with Crippen LogP contribution in [0.3, 0.4) is 0 Å². The van der Waals surface area contributed by atoms with E-state index in [0.29, 0.717) is 29.4 Å². The molecule has 7 nitrogen and oxygen atoms in total. The smallest absolute Gasteiger partial charge is 0.401 e. The average Bonchev–Trinajstić information content (AvgIpc) is 3.49. The third kappa shape index (κ3) is 3.47. The van der Waals surface area contributed by atoms with Crippen LogP contribution in [0.15, 0.2) is 36.4 Å². The van der Waals surface area contributed by atoms with Crippen molar-refractivity contribution in [1.29, 1.82) is 0 Å². The summed E-state index contributed by atoms with van der Waals surface area (Å²) in [5.41, 5.74) is 5.08. The van der Waals surface area contributed by atoms with Crippen molar-refractivity contribution in [3.63, 3.8) is 0 Å². The maximum absolute atomic E-state index is 13.6. The van der Waals surface area contributed by atoms with Gasteiger partial charge in [-0.3, -0.25) is 4.79 Å². The van der Waals surface area contributed by atoms with Crippen molar-refractivity contribution in [2.45, 2.75) is 70.6 Å². The molecule has 3 aliphatic rings. The predicted octanol–water partition coefficient (Wildman–Crippen LogP) is 3.28. The molecule has 33 heavy (non-hydrogen) atoms. The predicted molar refractivity (Wildman–Crippen MR) is 126 cm³/mol. The second kappa shape index (κ2) is 7.40. The summed E-state index contributed by atoms with van der Waals surface area (Å²) in [5.74, 6) is 0.391. The zero-order chi connectivity index (χ0) is 22.9. The van der Waals surface area contributed by atoms with Crippen LogP contribution in [-0.4, -0.2) is 50.8 Å². The van der Waals surface area contributed by atoms with Crippen molar-refractivity contribution in [3.05, 3.63) is 58.9 Å². The third-order valence-corrected chi connectivity index (χ3v) is 7.50. The summed E-state index contributed by atoms with van der Waals surface area (Å²) in [6.07, 6.45) is 3.04. The van der Waals surface area contributed by atoms with Gasteiger partial charge in [0.1, 0.15) is 5.69 Å². The zero-order valence-electron chi connectivity index (χ0n) is 19.6. The van der Waals surface area contributed by atoms with Crippen LogP contribution in [0.5, 0.6) is 0 Å². The van der Waals surface area contributed by atoms with Crippen molar-refractivity contribution in [3.8, 4) is 0 Å². The summed E-state index contributed by atoms with van der Waals surface area (Å²) in [6.45, 7) is 8.86. The molecular weight excluding hydrogens is 415 g/mol. The number of carbonyl (C=O) groups is 1. The molecule has 6 rings (SSSR count). The van der Waals surface area contributed by atoms with E-state index in [9.17, 15) is 4.79 Å². The first-order chi connectivity index (χ1) is 15.8. The van der Waals surface area contributed by atoms with Gasteiger partial charge in [-0.2, -0.15) is 5.10 Å². The number of nitrogens with zero attached hydrogens (tertiary/aromatic N) is 4. The van der Waals surface area contributed by atoms with Crippen molar-refractivity contribution < 1.29 is 14.1 Å². The summed E-state index contributed by atoms with van der Waals surface area (Å²) >= 11 is 0. The van der Waals surface area contributed by atoms with Crippen LogP contribution in [-0.2, 0) is 15.7 Å². The van der Waals surface area contributed by atoms with E-state index in [1.54, 1.807) is 0 Å². The number of amides is 1. The molecule has 0 radical (unpaired) electrons. The fourth-order valence-corrected chi connectivity index (χ4v) is 4.99. The third-order valence-electron chi connectivity index (χ3n) is 7.50. The normalized spacial score (nSPS) is 24.4. The standard InChI is InChI=1S/C25H29BN4O3/c1-15-19-8-6-5-7-17(19)11-12-29(15)24(31)20-13-21(18-9-10-18)30-23(27-20)14-22(28-30)26-32-16(2)25(3,4)33-26/h5-8,13-16,18H,9-12H2,1-4H3/t15-,16?/m1/s1. The molecule has 0 N–H and O–H groups in total. The van der Waals surface area contributed by atoms with Crippen molar-refractivity contribution in [1.82, 2.24) is 19.5 Å². The Labute approximate surface area is 194 Å². The molecule has 1 amide bonds. The van der Waals surface area contributed by atoms with Gasteiger partial charge in [0.15, 0.2) is 5.65 Å². The molecule has 2 aliphatic heterocycles. The molecule has 1 aliphatic carbocycles. The molecule has 1 aromatic carbocycles. The van der Waals surface area contributed by atoms with Gasteiger partial charge in [0.25, 0.3) is 5.91 Å². The monoisotopic (exact) mass is 444 g/mol. The molecule has 2 aromatic heterocycles. The molecule has 8 heteroatoms. The topological polar surface area (TPSA) is 69.0 Å². The molecule has 0 spiro atoms. The van der Waals surface area contributed by atoms with Crippen LogP contribution in [0.4, 0.5) is 0 Å². The number of benzene rings is 1. The van der Waals surface area contributed by atoms with Crippen molar-refractivity contribution in [2.75, 3.05) is 6.54 Å². The lowest BCUT2D eigenvalue weighted by atomic mass is 9.85. The molecule has 2 fully saturated rings. The van der Waals surface area contributed by atoms with E-state index >= 15 is 0 Å². The Kier molecular flexibility index (Phi) is 4.68. The maximum atomic E-state index is 13.6. The van der Waals surface area contributed by atoms with Crippen molar-refractivity contribution >= 4 is 24.3 Å². The van der Waals surface area contributed by atoms with Gasteiger partial charge in [-0.1, -0.05) is 24.3 Å². The summed E-state index contributed by atoms with van der Waals surface area (Å²) in [5, 5.41) is 4.79. The largest absolute Gasteiger partial charge is 0.516 e. The summed E-state index contributed by atoms with van der Waals surface area (Å²) in [7, 11) is -0.526. The fraction of sp³-hybridized carbons (Fsp3) is 0.480. The number of hydrogen-bond acceptors (Lipinski definition) is 5. The van der Waals surface area contributed by atoms with Gasteiger partial charge in [-0.25, -0.2) is 9.50 Å². The van der Waals surface area contributed by atoms with Crippen LogP contribution in [0.1, 0.15) is 79.8 Å². The number of rotatable bonds is 3. The second-order valence-corrected chi connectivity index (χ2v) is 10.1. The number of aromatic nitrogens is 3. The van der Waals surface area contributed by atoms with E-state index in [4.69, 9.17) is 19.4 Å². The molecule has 1 unspecified atom stereocenters. The van der Waals surface area contributed by atoms with Crippen LogP contribution in [0, 0.1) is 0 Å². The van der Waals surface area contributed by atoms with Gasteiger partial charge in [0, 0.05) is 24.2 Å². The minimum absolute atomic E-state index is 0.0210. The van der Waals surface area contributed by atoms with Gasteiger partial charge in [-0.15, -0.1) is 0 Å². The highest BCUT2D eigenvalue weighted by Gasteiger charge is 2.45. The second-order valence-electron chi connectivity index (χ2n) is 10.1. The van der Waals surface area contributed by atoms with Gasteiger partial charge in [0.05, 0.1) is 23.3 Å². The van der Waals surface area contributed by atoms with Crippen LogP contribution in [0.25, 0.3) is 5.65 Å². The molecular formula is C25H29BN4O3. The Morgan fingerprint density at radius 2 is 1.97 bits per heavy atom. The minimum atomic E-state index is -0.526. The fourth-order valence-electron chi connectivity index (χ4n) is 4.99. The summed E-state index contributed by atoms with van der Waals surface area (Å²) in [4.78, 5) is 20.3. The number of fused-ring (bicyclic) bond motifs is 2. The highest BCUT2D eigenvalue weighted by molar-refractivity contribution is 6.61. The molecule has 1 saturated heterocycles. The van der Waals surface area contributed by atoms with E-state index in [-0.39, 0.29) is 23.7 Å². The maximum Gasteiger partial charge on any atom is 0.516 e. The zero-order valence-corrected chi connectivity index (χ0v) is 19.6. The van der Waals surface area contributed by atoms with Crippen molar-refractivity contribution in [2.24, 2.45) is 0 Å². The average molecular weight is 444 g/mol. The van der Waals surface area contributed by atoms with Gasteiger partial charge >= 0.3 is 7.12 Å². The lowest BCUT2D eigenvalue weighted by Gasteiger charge is -2.35. The van der Waals surface area contributed by atoms with E-state index < -0.39 is 7.12 Å². The highest BCUT2D eigenvalue weighted by atomic mass is 16.7. The van der Waals surface area contributed by atoms with E-state index in [0.717, 1.165) is 25.0 Å². The van der Waals surface area contributed by atoms with Gasteiger partial charge < -0.3 is 14.2 Å². The molecule has 170 valence electrons. The molecule has 2 atom stereocenters. The van der Waals surface area contributed by atoms with E-state index in [1.807, 2.05) is 48.4 Å². The van der Waals surface area contributed by atoms with E-state index in [1.165, 1.54) is 11.1 Å². The number of hydrogen-bond donors (Lipinski definition) is 0. The van der Waals surface area contributed by atoms with Gasteiger partial charge in [-0.05, 0) is 64.2 Å². The first kappa shape index (κ1) is 20.9. The molecule has 1 saturated carbocycles.